The number of sulfonamides is 1. The molecule has 0 fully saturated rings. The quantitative estimate of drug-likeness (QED) is 0.590. The Labute approximate surface area is 183 Å². The standard InChI is InChI=1S/C23H28N4O3S/c1-15-8-6-9-16(2)19(15)14-27-20(13-21(25-27)23(3,4)5)22(28)26-31(29,30)18-11-7-10-17(24)12-18/h6-13H,14,24H2,1-5H3,(H,26,28). The second-order valence-electron chi connectivity index (χ2n) is 8.70. The van der Waals surface area contributed by atoms with Gasteiger partial charge in [0.25, 0.3) is 15.9 Å². The van der Waals surface area contributed by atoms with Crippen LogP contribution in [0.4, 0.5) is 5.69 Å². The first-order valence-corrected chi connectivity index (χ1v) is 11.4. The predicted octanol–water partition coefficient (Wildman–Crippen LogP) is 3.55. The third-order valence-electron chi connectivity index (χ3n) is 5.13. The van der Waals surface area contributed by atoms with Crippen LogP contribution >= 0.6 is 0 Å². The lowest BCUT2D eigenvalue weighted by molar-refractivity contribution is 0.0971. The van der Waals surface area contributed by atoms with Gasteiger partial charge in [-0.15, -0.1) is 0 Å². The molecule has 31 heavy (non-hydrogen) atoms. The van der Waals surface area contributed by atoms with Gasteiger partial charge in [-0.2, -0.15) is 5.10 Å². The van der Waals surface area contributed by atoms with Gasteiger partial charge < -0.3 is 5.73 Å². The Kier molecular flexibility index (Phi) is 5.96. The maximum atomic E-state index is 13.1. The van der Waals surface area contributed by atoms with Crippen LogP contribution in [0.1, 0.15) is 53.6 Å². The fourth-order valence-corrected chi connectivity index (χ4v) is 4.27. The van der Waals surface area contributed by atoms with Crippen LogP contribution in [0.3, 0.4) is 0 Å². The number of amides is 1. The van der Waals surface area contributed by atoms with E-state index in [0.29, 0.717) is 17.9 Å². The monoisotopic (exact) mass is 440 g/mol. The smallest absolute Gasteiger partial charge is 0.283 e. The maximum absolute atomic E-state index is 13.1. The number of nitrogen functional groups attached to an aromatic ring is 1. The minimum atomic E-state index is -4.08. The summed E-state index contributed by atoms with van der Waals surface area (Å²) in [5.41, 5.74) is 9.75. The third kappa shape index (κ3) is 4.96. The fourth-order valence-electron chi connectivity index (χ4n) is 3.25. The van der Waals surface area contributed by atoms with Gasteiger partial charge in [-0.1, -0.05) is 45.0 Å². The van der Waals surface area contributed by atoms with Crippen LogP contribution in [0.2, 0.25) is 0 Å². The van der Waals surface area contributed by atoms with Gasteiger partial charge in [0.15, 0.2) is 0 Å². The van der Waals surface area contributed by atoms with E-state index in [-0.39, 0.29) is 16.0 Å². The lowest BCUT2D eigenvalue weighted by Gasteiger charge is -2.15. The SMILES string of the molecule is Cc1cccc(C)c1Cn1nc(C(C)(C)C)cc1C(=O)NS(=O)(=O)c1cccc(N)c1. The molecule has 2 aromatic carbocycles. The molecule has 0 atom stereocenters. The number of hydrogen-bond donors (Lipinski definition) is 2. The van der Waals surface area contributed by atoms with Crippen LogP contribution < -0.4 is 10.5 Å². The van der Waals surface area contributed by atoms with E-state index in [4.69, 9.17) is 5.73 Å². The summed E-state index contributed by atoms with van der Waals surface area (Å²) in [6.07, 6.45) is 0. The summed E-state index contributed by atoms with van der Waals surface area (Å²) in [6.45, 7) is 10.3. The summed E-state index contributed by atoms with van der Waals surface area (Å²) >= 11 is 0. The van der Waals surface area contributed by atoms with Crippen LogP contribution in [-0.2, 0) is 22.0 Å². The molecule has 0 radical (unpaired) electrons. The topological polar surface area (TPSA) is 107 Å². The normalized spacial score (nSPS) is 12.0. The van der Waals surface area contributed by atoms with Gasteiger partial charge in [-0.25, -0.2) is 13.1 Å². The summed E-state index contributed by atoms with van der Waals surface area (Å²) in [7, 11) is -4.08. The number of nitrogens with zero attached hydrogens (tertiary/aromatic N) is 2. The van der Waals surface area contributed by atoms with Gasteiger partial charge in [0.1, 0.15) is 5.69 Å². The Morgan fingerprint density at radius 3 is 2.26 bits per heavy atom. The molecule has 0 aliphatic carbocycles. The number of carbonyl (C=O) groups excluding carboxylic acids is 1. The van der Waals surface area contributed by atoms with E-state index in [1.54, 1.807) is 16.8 Å². The molecule has 164 valence electrons. The predicted molar refractivity (Wildman–Crippen MR) is 121 cm³/mol. The van der Waals surface area contributed by atoms with Crippen molar-refractivity contribution in [2.45, 2.75) is 51.5 Å². The number of nitrogens with two attached hydrogens (primary N) is 1. The maximum Gasteiger partial charge on any atom is 0.283 e. The van der Waals surface area contributed by atoms with Crippen LogP contribution in [0.15, 0.2) is 53.4 Å². The number of anilines is 1. The Balaban J connectivity index is 2.01. The molecule has 8 heteroatoms. The summed E-state index contributed by atoms with van der Waals surface area (Å²) in [4.78, 5) is 13.0. The van der Waals surface area contributed by atoms with E-state index in [9.17, 15) is 13.2 Å². The first-order chi connectivity index (χ1) is 14.4. The molecular formula is C23H28N4O3S. The van der Waals surface area contributed by atoms with Crippen LogP contribution in [0.5, 0.6) is 0 Å². The first kappa shape index (κ1) is 22.6. The molecule has 0 saturated carbocycles. The molecule has 1 heterocycles. The van der Waals surface area contributed by atoms with Gasteiger partial charge in [0.05, 0.1) is 17.1 Å². The average molecular weight is 441 g/mol. The zero-order valence-corrected chi connectivity index (χ0v) is 19.2. The van der Waals surface area contributed by atoms with Crippen molar-refractivity contribution in [1.29, 1.82) is 0 Å². The minimum absolute atomic E-state index is 0.0716. The van der Waals surface area contributed by atoms with Crippen LogP contribution in [0, 0.1) is 13.8 Å². The van der Waals surface area contributed by atoms with Crippen molar-refractivity contribution in [2.24, 2.45) is 0 Å². The van der Waals surface area contributed by atoms with E-state index in [2.05, 4.69) is 9.82 Å². The number of aromatic nitrogens is 2. The highest BCUT2D eigenvalue weighted by molar-refractivity contribution is 7.90. The molecule has 3 N–H and O–H groups in total. The molecule has 0 saturated heterocycles. The highest BCUT2D eigenvalue weighted by atomic mass is 32.2. The number of nitrogens with one attached hydrogen (secondary N) is 1. The first-order valence-electron chi connectivity index (χ1n) is 9.94. The summed E-state index contributed by atoms with van der Waals surface area (Å²) in [5, 5.41) is 4.64. The second-order valence-corrected chi connectivity index (χ2v) is 10.4. The van der Waals surface area contributed by atoms with Gasteiger partial charge in [-0.05, 0) is 54.8 Å². The van der Waals surface area contributed by atoms with Crippen molar-refractivity contribution in [3.63, 3.8) is 0 Å². The molecule has 7 nitrogen and oxygen atoms in total. The molecule has 3 aromatic rings. The van der Waals surface area contributed by atoms with Crippen molar-refractivity contribution in [3.05, 3.63) is 76.6 Å². The van der Waals surface area contributed by atoms with Gasteiger partial charge in [0, 0.05) is 11.1 Å². The zero-order valence-electron chi connectivity index (χ0n) is 18.4. The van der Waals surface area contributed by atoms with Crippen molar-refractivity contribution in [2.75, 3.05) is 5.73 Å². The summed E-state index contributed by atoms with van der Waals surface area (Å²) in [6, 6.07) is 13.4. The van der Waals surface area contributed by atoms with E-state index in [1.807, 2.05) is 52.8 Å². The molecule has 0 unspecified atom stereocenters. The van der Waals surface area contributed by atoms with Gasteiger partial charge >= 0.3 is 0 Å². The van der Waals surface area contributed by atoms with Gasteiger partial charge in [0.2, 0.25) is 0 Å². The van der Waals surface area contributed by atoms with Crippen molar-refractivity contribution >= 4 is 21.6 Å². The van der Waals surface area contributed by atoms with Crippen LogP contribution in [-0.4, -0.2) is 24.1 Å². The Bertz CT molecular complexity index is 1220. The molecule has 1 amide bonds. The highest BCUT2D eigenvalue weighted by Gasteiger charge is 2.26. The molecule has 0 aliphatic rings. The fraction of sp³-hybridized carbons (Fsp3) is 0.304. The molecule has 0 aliphatic heterocycles. The van der Waals surface area contributed by atoms with Crippen LogP contribution in [0.25, 0.3) is 0 Å². The zero-order chi connectivity index (χ0) is 23.0. The largest absolute Gasteiger partial charge is 0.399 e. The number of carbonyl (C=O) groups is 1. The molecule has 0 bridgehead atoms. The minimum Gasteiger partial charge on any atom is -0.399 e. The number of hydrogen-bond acceptors (Lipinski definition) is 5. The summed E-state index contributed by atoms with van der Waals surface area (Å²) < 4.78 is 29.2. The highest BCUT2D eigenvalue weighted by Crippen LogP contribution is 2.24. The Hall–Kier alpha value is -3.13. The average Bonchev–Trinajstić information content (AvgIpc) is 3.09. The molecule has 0 spiro atoms. The van der Waals surface area contributed by atoms with Crippen molar-refractivity contribution < 1.29 is 13.2 Å². The van der Waals surface area contributed by atoms with Crippen molar-refractivity contribution in [3.8, 4) is 0 Å². The van der Waals surface area contributed by atoms with E-state index in [0.717, 1.165) is 16.7 Å². The summed E-state index contributed by atoms with van der Waals surface area (Å²) in [5.74, 6) is -0.739. The Morgan fingerprint density at radius 1 is 1.06 bits per heavy atom. The van der Waals surface area contributed by atoms with E-state index >= 15 is 0 Å². The lowest BCUT2D eigenvalue weighted by atomic mass is 9.92. The lowest BCUT2D eigenvalue weighted by Crippen LogP contribution is -2.32. The Morgan fingerprint density at radius 2 is 1.68 bits per heavy atom. The third-order valence-corrected chi connectivity index (χ3v) is 6.46. The second kappa shape index (κ2) is 8.19. The molecule has 1 aromatic heterocycles. The molecule has 3 rings (SSSR count). The van der Waals surface area contributed by atoms with E-state index < -0.39 is 15.9 Å². The molecular weight excluding hydrogens is 412 g/mol. The van der Waals surface area contributed by atoms with Crippen molar-refractivity contribution in [1.82, 2.24) is 14.5 Å². The van der Waals surface area contributed by atoms with Gasteiger partial charge in [-0.3, -0.25) is 9.48 Å². The number of aryl methyl sites for hydroxylation is 2. The van der Waals surface area contributed by atoms with E-state index in [1.165, 1.54) is 18.2 Å². The number of rotatable bonds is 5. The number of benzene rings is 2.